The summed E-state index contributed by atoms with van der Waals surface area (Å²) >= 11 is 0. The number of hydrogen-bond donors (Lipinski definition) is 4. The summed E-state index contributed by atoms with van der Waals surface area (Å²) in [5, 5.41) is 25.1. The predicted molar refractivity (Wildman–Crippen MR) is 104 cm³/mol. The summed E-state index contributed by atoms with van der Waals surface area (Å²) < 4.78 is 0. The van der Waals surface area contributed by atoms with E-state index in [1.165, 1.54) is 24.3 Å². The predicted octanol–water partition coefficient (Wildman–Crippen LogP) is 0.618. The molecule has 1 saturated heterocycles. The number of carbonyl (C=O) groups excluding carboxylic acids is 2. The number of rotatable bonds is 8. The van der Waals surface area contributed by atoms with Crippen molar-refractivity contribution in [1.82, 2.24) is 20.6 Å². The van der Waals surface area contributed by atoms with Crippen LogP contribution in [0.15, 0.2) is 24.2 Å². The van der Waals surface area contributed by atoms with Gasteiger partial charge in [0.05, 0.1) is 18.3 Å². The number of allylic oxidation sites excluding steroid dienone is 1. The fourth-order valence-electron chi connectivity index (χ4n) is 2.87. The molecule has 0 bridgehead atoms. The Balaban J connectivity index is 2.15. The highest BCUT2D eigenvalue weighted by Gasteiger charge is 2.50. The van der Waals surface area contributed by atoms with Crippen molar-refractivity contribution in [1.29, 1.82) is 10.7 Å². The summed E-state index contributed by atoms with van der Waals surface area (Å²) in [6, 6.07) is 3.79. The summed E-state index contributed by atoms with van der Waals surface area (Å²) in [5.41, 5.74) is -0.704. The maximum absolute atomic E-state index is 12.9. The largest absolute Gasteiger partial charge is 0.380 e. The van der Waals surface area contributed by atoms with E-state index in [1.54, 1.807) is 6.07 Å². The molecule has 2 heterocycles. The fraction of sp³-hybridized carbons (Fsp3) is 0.444. The second kappa shape index (κ2) is 8.94. The first-order chi connectivity index (χ1) is 13.4. The summed E-state index contributed by atoms with van der Waals surface area (Å²) in [7, 11) is 1.53. The molecule has 1 aliphatic rings. The molecular formula is C18H24N8O2. The van der Waals surface area contributed by atoms with Crippen LogP contribution >= 0.6 is 0 Å². The number of aromatic nitrogens is 2. The molecule has 1 fully saturated rings. The summed E-state index contributed by atoms with van der Waals surface area (Å²) in [5.74, 6) is 0.0271. The lowest BCUT2D eigenvalue weighted by atomic mass is 9.77. The highest BCUT2D eigenvalue weighted by atomic mass is 16.2. The van der Waals surface area contributed by atoms with Crippen molar-refractivity contribution in [2.24, 2.45) is 11.3 Å². The summed E-state index contributed by atoms with van der Waals surface area (Å²) in [6.07, 6.45) is 4.45. The first-order valence-corrected chi connectivity index (χ1v) is 8.86. The van der Waals surface area contributed by atoms with Crippen LogP contribution in [0, 0.1) is 28.1 Å². The quantitative estimate of drug-likeness (QED) is 0.480. The van der Waals surface area contributed by atoms with Gasteiger partial charge >= 0.3 is 0 Å². The zero-order valence-electron chi connectivity index (χ0n) is 16.1. The van der Waals surface area contributed by atoms with E-state index in [-0.39, 0.29) is 30.2 Å². The number of nitrogens with zero attached hydrogens (tertiary/aromatic N) is 4. The molecular weight excluding hydrogens is 360 g/mol. The van der Waals surface area contributed by atoms with Gasteiger partial charge in [-0.05, 0) is 18.4 Å². The Hall–Kier alpha value is -3.48. The lowest BCUT2D eigenvalue weighted by Crippen LogP contribution is -2.37. The van der Waals surface area contributed by atoms with Crippen LogP contribution in [0.3, 0.4) is 0 Å². The van der Waals surface area contributed by atoms with Gasteiger partial charge in [-0.3, -0.25) is 14.5 Å². The Morgan fingerprint density at radius 3 is 2.86 bits per heavy atom. The van der Waals surface area contributed by atoms with E-state index in [4.69, 9.17) is 5.41 Å². The minimum Gasteiger partial charge on any atom is -0.380 e. The molecule has 1 aromatic rings. The van der Waals surface area contributed by atoms with Gasteiger partial charge in [0.15, 0.2) is 0 Å². The lowest BCUT2D eigenvalue weighted by Gasteiger charge is -2.24. The second-order valence-corrected chi connectivity index (χ2v) is 6.61. The number of carbonyl (C=O) groups is 2. The van der Waals surface area contributed by atoms with Crippen LogP contribution in [0.25, 0.3) is 0 Å². The van der Waals surface area contributed by atoms with Crippen molar-refractivity contribution < 1.29 is 9.59 Å². The molecule has 1 aliphatic heterocycles. The van der Waals surface area contributed by atoms with Crippen LogP contribution in [-0.2, 0) is 9.59 Å². The average molecular weight is 384 g/mol. The van der Waals surface area contributed by atoms with E-state index in [0.717, 1.165) is 6.21 Å². The van der Waals surface area contributed by atoms with Crippen molar-refractivity contribution in [3.8, 4) is 6.07 Å². The monoisotopic (exact) mass is 384 g/mol. The second-order valence-electron chi connectivity index (χ2n) is 6.61. The first-order valence-electron chi connectivity index (χ1n) is 8.86. The van der Waals surface area contributed by atoms with Crippen LogP contribution < -0.4 is 20.9 Å². The zero-order valence-corrected chi connectivity index (χ0v) is 16.1. The standard InChI is InChI=1S/C18H24N8O2/c1-12(2)18(11-20)5-7-26(16(18)28)14-4-6-23-17(25-14)24-13(8-19)9-22-10-15(27)21-3/h4,6,8-9,12,19,22H,5,7,10H2,1-3H3,(H,21,27)(H,23,24,25)/b13-9+,19-8?. The number of nitriles is 1. The Labute approximate surface area is 163 Å². The van der Waals surface area contributed by atoms with Crippen LogP contribution in [0.2, 0.25) is 0 Å². The van der Waals surface area contributed by atoms with Gasteiger partial charge in [-0.15, -0.1) is 0 Å². The third-order valence-electron chi connectivity index (χ3n) is 4.67. The van der Waals surface area contributed by atoms with E-state index < -0.39 is 5.41 Å². The average Bonchev–Trinajstić information content (AvgIpc) is 3.04. The summed E-state index contributed by atoms with van der Waals surface area (Å²) in [6.45, 7) is 4.20. The van der Waals surface area contributed by atoms with Gasteiger partial charge in [-0.2, -0.15) is 10.2 Å². The SMILES string of the molecule is CNC(=O)CN/C=C(\C=N)Nc1nccc(N2CCC(C#N)(C(C)C)C2=O)n1. The molecule has 0 saturated carbocycles. The van der Waals surface area contributed by atoms with Gasteiger partial charge in [0.1, 0.15) is 11.2 Å². The van der Waals surface area contributed by atoms with Gasteiger partial charge in [0.25, 0.3) is 0 Å². The van der Waals surface area contributed by atoms with E-state index in [1.807, 2.05) is 13.8 Å². The topological polar surface area (TPSA) is 147 Å². The molecule has 0 radical (unpaired) electrons. The molecule has 10 heteroatoms. The number of hydrogen-bond acceptors (Lipinski definition) is 8. The molecule has 1 unspecified atom stereocenters. The first kappa shape index (κ1) is 20.8. The molecule has 2 rings (SSSR count). The van der Waals surface area contributed by atoms with Crippen LogP contribution in [0.4, 0.5) is 11.8 Å². The minimum absolute atomic E-state index is 0.0597. The van der Waals surface area contributed by atoms with Crippen molar-refractivity contribution in [2.75, 3.05) is 30.4 Å². The minimum atomic E-state index is -1.04. The van der Waals surface area contributed by atoms with Crippen LogP contribution in [0.5, 0.6) is 0 Å². The molecule has 0 aliphatic carbocycles. The van der Waals surface area contributed by atoms with Crippen molar-refractivity contribution in [3.63, 3.8) is 0 Å². The molecule has 0 aromatic carbocycles. The van der Waals surface area contributed by atoms with Gasteiger partial charge in [0, 0.05) is 32.2 Å². The van der Waals surface area contributed by atoms with Crippen LogP contribution in [-0.4, -0.2) is 48.1 Å². The molecule has 4 N–H and O–H groups in total. The molecule has 10 nitrogen and oxygen atoms in total. The zero-order chi connectivity index (χ0) is 20.7. The highest BCUT2D eigenvalue weighted by Crippen LogP contribution is 2.39. The Kier molecular flexibility index (Phi) is 6.65. The maximum Gasteiger partial charge on any atom is 0.248 e. The number of likely N-dealkylation sites (N-methyl/N-ethyl adjacent to an activating group) is 1. The number of nitrogens with one attached hydrogen (secondary N) is 4. The molecule has 0 spiro atoms. The molecule has 28 heavy (non-hydrogen) atoms. The van der Waals surface area contributed by atoms with E-state index in [2.05, 4.69) is 32.0 Å². The van der Waals surface area contributed by atoms with Gasteiger partial charge in [-0.1, -0.05) is 13.8 Å². The summed E-state index contributed by atoms with van der Waals surface area (Å²) in [4.78, 5) is 34.0. The maximum atomic E-state index is 12.9. The van der Waals surface area contributed by atoms with Gasteiger partial charge in [0.2, 0.25) is 17.8 Å². The number of amides is 2. The smallest absolute Gasteiger partial charge is 0.248 e. The molecule has 1 atom stereocenters. The van der Waals surface area contributed by atoms with Crippen molar-refractivity contribution in [3.05, 3.63) is 24.2 Å². The van der Waals surface area contributed by atoms with E-state index >= 15 is 0 Å². The van der Waals surface area contributed by atoms with E-state index in [0.29, 0.717) is 24.5 Å². The van der Waals surface area contributed by atoms with Crippen molar-refractivity contribution in [2.45, 2.75) is 20.3 Å². The lowest BCUT2D eigenvalue weighted by molar-refractivity contribution is -0.124. The number of anilines is 2. The van der Waals surface area contributed by atoms with Gasteiger partial charge < -0.3 is 21.4 Å². The normalized spacial score (nSPS) is 19.3. The Morgan fingerprint density at radius 2 is 2.29 bits per heavy atom. The molecule has 1 aromatic heterocycles. The van der Waals surface area contributed by atoms with Gasteiger partial charge in [-0.25, -0.2) is 4.98 Å². The fourth-order valence-corrected chi connectivity index (χ4v) is 2.87. The Bertz CT molecular complexity index is 829. The van der Waals surface area contributed by atoms with Crippen LogP contribution in [0.1, 0.15) is 20.3 Å². The molecule has 148 valence electrons. The van der Waals surface area contributed by atoms with Crippen molar-refractivity contribution >= 4 is 29.8 Å². The highest BCUT2D eigenvalue weighted by molar-refractivity contribution is 6.01. The third kappa shape index (κ3) is 4.25. The third-order valence-corrected chi connectivity index (χ3v) is 4.67. The molecule has 2 amide bonds. The van der Waals surface area contributed by atoms with E-state index in [9.17, 15) is 14.9 Å². The Morgan fingerprint density at radius 1 is 1.54 bits per heavy atom.